The number of hydrogen-bond donors (Lipinski definition) is 0. The lowest BCUT2D eigenvalue weighted by atomic mass is 10.1. The van der Waals surface area contributed by atoms with Gasteiger partial charge in [-0.1, -0.05) is 12.1 Å². The van der Waals surface area contributed by atoms with Gasteiger partial charge < -0.3 is 15.0 Å². The molecule has 1 aromatic rings. The van der Waals surface area contributed by atoms with Gasteiger partial charge in [0, 0.05) is 6.54 Å². The van der Waals surface area contributed by atoms with Crippen LogP contribution in [0.4, 0.5) is 0 Å². The molecule has 0 aliphatic carbocycles. The van der Waals surface area contributed by atoms with Crippen molar-refractivity contribution in [3.8, 4) is 5.75 Å². The predicted octanol–water partition coefficient (Wildman–Crippen LogP) is 3.10. The van der Waals surface area contributed by atoms with Crippen LogP contribution in [-0.2, 0) is 6.42 Å². The van der Waals surface area contributed by atoms with Crippen molar-refractivity contribution in [2.24, 2.45) is 0 Å². The molecule has 1 aliphatic heterocycles. The molecule has 0 aromatic heterocycles. The maximum Gasteiger partial charge on any atom is 0.119 e. The second-order valence-corrected chi connectivity index (χ2v) is 5.18. The van der Waals surface area contributed by atoms with E-state index in [0.29, 0.717) is 0 Å². The lowest BCUT2D eigenvalue weighted by molar-refractivity contribution is 0.263. The highest BCUT2D eigenvalue weighted by molar-refractivity contribution is 5.27. The van der Waals surface area contributed by atoms with E-state index in [4.69, 9.17) is 4.74 Å². The first-order chi connectivity index (χ1) is 9.38. The Bertz CT molecular complexity index is 344. The zero-order chi connectivity index (χ0) is 13.3. The van der Waals surface area contributed by atoms with Crippen LogP contribution in [0.2, 0.25) is 0 Å². The molecule has 106 valence electrons. The minimum atomic E-state index is 0.820. The zero-order valence-corrected chi connectivity index (χ0v) is 12.0. The fourth-order valence-electron chi connectivity index (χ4n) is 2.48. The van der Waals surface area contributed by atoms with Crippen molar-refractivity contribution < 1.29 is 4.74 Å². The molecule has 1 saturated heterocycles. The van der Waals surface area contributed by atoms with Gasteiger partial charge in [0.25, 0.3) is 0 Å². The molecule has 1 aliphatic rings. The Hall–Kier alpha value is -1.06. The molecule has 0 unspecified atom stereocenters. The molecule has 3 nitrogen and oxygen atoms in total. The lowest BCUT2D eigenvalue weighted by Crippen LogP contribution is -2.21. The number of ether oxygens (including phenoxy) is 1. The molecule has 1 aromatic carbocycles. The van der Waals surface area contributed by atoms with Crippen molar-refractivity contribution >= 4 is 0 Å². The van der Waals surface area contributed by atoms with Gasteiger partial charge in [0.2, 0.25) is 0 Å². The van der Waals surface area contributed by atoms with E-state index < -0.39 is 0 Å². The number of nitrogens with zero attached hydrogens (tertiary/aromatic N) is 2. The molecule has 3 heteroatoms. The summed E-state index contributed by atoms with van der Waals surface area (Å²) in [6, 6.07) is 8.42. The minimum absolute atomic E-state index is 0.820. The third-order valence-corrected chi connectivity index (χ3v) is 3.63. The molecular formula is C16H25N2O-. The van der Waals surface area contributed by atoms with E-state index in [1.807, 2.05) is 7.05 Å². The van der Waals surface area contributed by atoms with Gasteiger partial charge in [0.1, 0.15) is 5.75 Å². The van der Waals surface area contributed by atoms with Crippen LogP contribution in [0, 0.1) is 0 Å². The van der Waals surface area contributed by atoms with Gasteiger partial charge in [-0.05, 0) is 56.5 Å². The highest BCUT2D eigenvalue weighted by atomic mass is 16.5. The van der Waals surface area contributed by atoms with Gasteiger partial charge in [0.15, 0.2) is 0 Å². The molecule has 1 heterocycles. The maximum absolute atomic E-state index is 5.78. The average Bonchev–Trinajstić information content (AvgIpc) is 2.96. The number of hydrogen-bond acceptors (Lipinski definition) is 2. The summed E-state index contributed by atoms with van der Waals surface area (Å²) in [7, 11) is 1.86. The van der Waals surface area contributed by atoms with Crippen molar-refractivity contribution in [1.29, 1.82) is 0 Å². The largest absolute Gasteiger partial charge is 0.665 e. The van der Waals surface area contributed by atoms with E-state index in [2.05, 4.69) is 34.5 Å². The van der Waals surface area contributed by atoms with Crippen LogP contribution in [0.1, 0.15) is 24.8 Å². The van der Waals surface area contributed by atoms with Gasteiger partial charge in [-0.15, -0.1) is 6.54 Å². The SMILES string of the molecule is C[N-]CCc1ccc(OCCCN2CCCC2)cc1. The van der Waals surface area contributed by atoms with Gasteiger partial charge in [0.05, 0.1) is 6.61 Å². The molecule has 2 rings (SSSR count). The summed E-state index contributed by atoms with van der Waals surface area (Å²) in [5, 5.41) is 4.12. The summed E-state index contributed by atoms with van der Waals surface area (Å²) >= 11 is 0. The number of benzene rings is 1. The Morgan fingerprint density at radius 3 is 2.58 bits per heavy atom. The molecule has 0 N–H and O–H groups in total. The quantitative estimate of drug-likeness (QED) is 0.672. The van der Waals surface area contributed by atoms with Gasteiger partial charge in [-0.25, -0.2) is 0 Å². The minimum Gasteiger partial charge on any atom is -0.665 e. The van der Waals surface area contributed by atoms with Crippen LogP contribution in [-0.4, -0.2) is 44.7 Å². The molecule has 0 atom stereocenters. The normalized spacial score (nSPS) is 15.8. The van der Waals surface area contributed by atoms with Crippen LogP contribution in [0.3, 0.4) is 0 Å². The summed E-state index contributed by atoms with van der Waals surface area (Å²) in [5.74, 6) is 0.985. The fourth-order valence-corrected chi connectivity index (χ4v) is 2.48. The number of rotatable bonds is 8. The molecule has 0 spiro atoms. The first kappa shape index (κ1) is 14.4. The third kappa shape index (κ3) is 5.21. The van der Waals surface area contributed by atoms with Crippen LogP contribution >= 0.6 is 0 Å². The Morgan fingerprint density at radius 1 is 1.16 bits per heavy atom. The Labute approximate surface area is 116 Å². The summed E-state index contributed by atoms with van der Waals surface area (Å²) < 4.78 is 5.78. The van der Waals surface area contributed by atoms with Crippen molar-refractivity contribution in [1.82, 2.24) is 4.90 Å². The Balaban J connectivity index is 1.62. The van der Waals surface area contributed by atoms with E-state index in [9.17, 15) is 0 Å². The molecule has 0 bridgehead atoms. The average molecular weight is 261 g/mol. The highest BCUT2D eigenvalue weighted by Crippen LogP contribution is 2.13. The summed E-state index contributed by atoms with van der Waals surface area (Å²) in [6.07, 6.45) is 4.88. The van der Waals surface area contributed by atoms with Gasteiger partial charge in [-0.3, -0.25) is 0 Å². The molecule has 0 saturated carbocycles. The van der Waals surface area contributed by atoms with E-state index in [-0.39, 0.29) is 0 Å². The fraction of sp³-hybridized carbons (Fsp3) is 0.625. The monoisotopic (exact) mass is 261 g/mol. The summed E-state index contributed by atoms with van der Waals surface area (Å²) in [6.45, 7) is 5.45. The lowest BCUT2D eigenvalue weighted by Gasteiger charge is -2.14. The number of likely N-dealkylation sites (tertiary alicyclic amines) is 1. The second kappa shape index (κ2) is 8.18. The van der Waals surface area contributed by atoms with E-state index in [1.54, 1.807) is 0 Å². The first-order valence-corrected chi connectivity index (χ1v) is 7.38. The predicted molar refractivity (Wildman–Crippen MR) is 80.1 cm³/mol. The van der Waals surface area contributed by atoms with Crippen LogP contribution in [0.15, 0.2) is 24.3 Å². The molecule has 19 heavy (non-hydrogen) atoms. The molecular weight excluding hydrogens is 236 g/mol. The third-order valence-electron chi connectivity index (χ3n) is 3.63. The van der Waals surface area contributed by atoms with E-state index >= 15 is 0 Å². The van der Waals surface area contributed by atoms with Crippen molar-refractivity contribution in [2.45, 2.75) is 25.7 Å². The standard InChI is InChI=1S/C16H25N2O/c1-17-10-9-15-5-7-16(8-6-15)19-14-4-13-18-11-2-3-12-18/h5-8H,2-4,9-14H2,1H3/q-1. The maximum atomic E-state index is 5.78. The van der Waals surface area contributed by atoms with Gasteiger partial charge >= 0.3 is 0 Å². The second-order valence-electron chi connectivity index (χ2n) is 5.18. The summed E-state index contributed by atoms with van der Waals surface area (Å²) in [4.78, 5) is 2.53. The highest BCUT2D eigenvalue weighted by Gasteiger charge is 2.10. The van der Waals surface area contributed by atoms with E-state index in [0.717, 1.165) is 31.7 Å². The number of likely N-dealkylation sites (N-methyl/N-ethyl adjacent to an activating group) is 1. The van der Waals surface area contributed by atoms with Crippen LogP contribution in [0.5, 0.6) is 5.75 Å². The Morgan fingerprint density at radius 2 is 1.89 bits per heavy atom. The Kier molecular flexibility index (Phi) is 6.18. The molecule has 0 radical (unpaired) electrons. The smallest absolute Gasteiger partial charge is 0.119 e. The summed E-state index contributed by atoms with van der Waals surface area (Å²) in [5.41, 5.74) is 1.33. The van der Waals surface area contributed by atoms with Crippen molar-refractivity contribution in [3.05, 3.63) is 35.1 Å². The topological polar surface area (TPSA) is 26.6 Å². The van der Waals surface area contributed by atoms with Crippen LogP contribution < -0.4 is 4.74 Å². The molecule has 0 amide bonds. The van der Waals surface area contributed by atoms with Crippen molar-refractivity contribution in [2.75, 3.05) is 39.8 Å². The van der Waals surface area contributed by atoms with E-state index in [1.165, 1.54) is 38.0 Å². The molecule has 1 fully saturated rings. The van der Waals surface area contributed by atoms with Crippen LogP contribution in [0.25, 0.3) is 5.32 Å². The van der Waals surface area contributed by atoms with Crippen molar-refractivity contribution in [3.63, 3.8) is 0 Å². The van der Waals surface area contributed by atoms with Gasteiger partial charge in [-0.2, -0.15) is 7.05 Å². The zero-order valence-electron chi connectivity index (χ0n) is 12.0. The first-order valence-electron chi connectivity index (χ1n) is 7.38.